The van der Waals surface area contributed by atoms with Gasteiger partial charge in [0.1, 0.15) is 5.75 Å². The van der Waals surface area contributed by atoms with Crippen molar-refractivity contribution >= 4 is 21.4 Å². The van der Waals surface area contributed by atoms with Gasteiger partial charge in [0.2, 0.25) is 0 Å². The summed E-state index contributed by atoms with van der Waals surface area (Å²) in [6, 6.07) is 16.7. The summed E-state index contributed by atoms with van der Waals surface area (Å²) in [5, 5.41) is 0. The van der Waals surface area contributed by atoms with Gasteiger partial charge in [0.15, 0.2) is 5.84 Å². The Morgan fingerprint density at radius 3 is 2.69 bits per heavy atom. The predicted molar refractivity (Wildman–Crippen MR) is 102 cm³/mol. The van der Waals surface area contributed by atoms with Crippen molar-refractivity contribution < 1.29 is 13.2 Å². The molecule has 2 aliphatic heterocycles. The molecule has 5 nitrogen and oxygen atoms in total. The molecule has 131 valence electrons. The predicted octanol–water partition coefficient (Wildman–Crippen LogP) is 3.12. The van der Waals surface area contributed by atoms with E-state index in [-0.39, 0.29) is 5.75 Å². The Hall–Kier alpha value is -2.86. The highest BCUT2D eigenvalue weighted by Crippen LogP contribution is 2.31. The number of ether oxygens (including phenoxy) is 1. The summed E-state index contributed by atoms with van der Waals surface area (Å²) in [4.78, 5) is 1.87. The molecule has 0 aromatic heterocycles. The molecule has 0 spiro atoms. The molecule has 0 amide bonds. The number of sulfonamides is 1. The topological polar surface area (TPSA) is 59.0 Å². The van der Waals surface area contributed by atoms with E-state index >= 15 is 0 Å². The molecule has 0 fully saturated rings. The van der Waals surface area contributed by atoms with Crippen LogP contribution >= 0.6 is 0 Å². The first-order chi connectivity index (χ1) is 12.6. The second-order valence-corrected chi connectivity index (χ2v) is 7.76. The number of allylic oxidation sites excluding steroid dienone is 2. The van der Waals surface area contributed by atoms with Crippen molar-refractivity contribution in [3.63, 3.8) is 0 Å². The highest BCUT2D eigenvalue weighted by molar-refractivity contribution is 7.90. The first-order valence-electron chi connectivity index (χ1n) is 8.21. The van der Waals surface area contributed by atoms with Crippen molar-refractivity contribution in [2.24, 2.45) is 4.40 Å². The molecule has 2 aromatic carbocycles. The molecule has 4 rings (SSSR count). The van der Waals surface area contributed by atoms with Gasteiger partial charge in [0.05, 0.1) is 12.9 Å². The third-order valence-corrected chi connectivity index (χ3v) is 5.53. The Balaban J connectivity index is 1.72. The normalized spacial score (nSPS) is 18.0. The Bertz CT molecular complexity index is 1030. The summed E-state index contributed by atoms with van der Waals surface area (Å²) in [5.74, 6) is 1.28. The maximum Gasteiger partial charge on any atom is 0.256 e. The van der Waals surface area contributed by atoms with Crippen molar-refractivity contribution in [3.8, 4) is 16.9 Å². The van der Waals surface area contributed by atoms with Crippen LogP contribution in [0, 0.1) is 6.07 Å². The molecule has 2 aliphatic rings. The Kier molecular flexibility index (Phi) is 4.12. The number of rotatable bonds is 3. The fraction of sp³-hybridized carbons (Fsp3) is 0.150. The lowest BCUT2D eigenvalue weighted by Crippen LogP contribution is -2.37. The van der Waals surface area contributed by atoms with Gasteiger partial charge in [0.25, 0.3) is 10.0 Å². The molecule has 0 unspecified atom stereocenters. The fourth-order valence-corrected chi connectivity index (χ4v) is 4.06. The van der Waals surface area contributed by atoms with Crippen LogP contribution in [0.5, 0.6) is 5.75 Å². The van der Waals surface area contributed by atoms with Crippen molar-refractivity contribution in [2.45, 2.75) is 0 Å². The maximum absolute atomic E-state index is 11.9. The third kappa shape index (κ3) is 3.04. The van der Waals surface area contributed by atoms with Crippen LogP contribution in [0.15, 0.2) is 65.2 Å². The largest absolute Gasteiger partial charge is 0.496 e. The number of fused-ring (bicyclic) bond motifs is 1. The SMILES string of the molecule is COc1ccc[c]c1-c1ccc(C2=CC=CN3CCS(=O)(=O)N=C23)cc1. The van der Waals surface area contributed by atoms with Gasteiger partial charge in [-0.2, -0.15) is 0 Å². The zero-order valence-corrected chi connectivity index (χ0v) is 15.0. The summed E-state index contributed by atoms with van der Waals surface area (Å²) in [7, 11) is -1.77. The van der Waals surface area contributed by atoms with E-state index in [2.05, 4.69) is 10.5 Å². The Morgan fingerprint density at radius 1 is 1.15 bits per heavy atom. The molecule has 0 N–H and O–H groups in total. The van der Waals surface area contributed by atoms with Gasteiger partial charge in [-0.3, -0.25) is 0 Å². The number of hydrogen-bond acceptors (Lipinski definition) is 4. The fourth-order valence-electron chi connectivity index (χ4n) is 3.08. The minimum atomic E-state index is -3.40. The summed E-state index contributed by atoms with van der Waals surface area (Å²) in [5.41, 5.74) is 3.58. The highest BCUT2D eigenvalue weighted by atomic mass is 32.2. The quantitative estimate of drug-likeness (QED) is 0.839. The van der Waals surface area contributed by atoms with Gasteiger partial charge < -0.3 is 9.64 Å². The van der Waals surface area contributed by atoms with Crippen molar-refractivity contribution in [1.29, 1.82) is 0 Å². The zero-order valence-electron chi connectivity index (χ0n) is 14.2. The molecular formula is C20H17N2O3S. The van der Waals surface area contributed by atoms with Crippen molar-refractivity contribution in [3.05, 3.63) is 72.4 Å². The van der Waals surface area contributed by atoms with Crippen LogP contribution in [-0.4, -0.2) is 38.6 Å². The van der Waals surface area contributed by atoms with Gasteiger partial charge in [-0.15, -0.1) is 4.40 Å². The van der Waals surface area contributed by atoms with Crippen molar-refractivity contribution in [1.82, 2.24) is 4.90 Å². The summed E-state index contributed by atoms with van der Waals surface area (Å²) in [6.07, 6.45) is 5.66. The number of hydrogen-bond donors (Lipinski definition) is 0. The van der Waals surface area contributed by atoms with Gasteiger partial charge in [-0.05, 0) is 35.4 Å². The zero-order chi connectivity index (χ0) is 18.1. The third-order valence-electron chi connectivity index (χ3n) is 4.38. The van der Waals surface area contributed by atoms with Crippen LogP contribution < -0.4 is 4.74 Å². The molecule has 26 heavy (non-hydrogen) atoms. The van der Waals surface area contributed by atoms with E-state index < -0.39 is 10.0 Å². The van der Waals surface area contributed by atoms with Gasteiger partial charge >= 0.3 is 0 Å². The number of amidine groups is 1. The van der Waals surface area contributed by atoms with Crippen LogP contribution in [0.4, 0.5) is 0 Å². The smallest absolute Gasteiger partial charge is 0.256 e. The molecule has 0 aliphatic carbocycles. The molecule has 2 aromatic rings. The number of benzene rings is 2. The van der Waals surface area contributed by atoms with Crippen LogP contribution in [0.1, 0.15) is 5.56 Å². The van der Waals surface area contributed by atoms with E-state index in [4.69, 9.17) is 4.74 Å². The monoisotopic (exact) mass is 365 g/mol. The van der Waals surface area contributed by atoms with Crippen LogP contribution in [0.2, 0.25) is 0 Å². The van der Waals surface area contributed by atoms with Crippen LogP contribution in [0.25, 0.3) is 16.7 Å². The van der Waals surface area contributed by atoms with E-state index in [1.54, 1.807) is 7.11 Å². The Labute approximate surface area is 153 Å². The van der Waals surface area contributed by atoms with E-state index in [0.29, 0.717) is 12.4 Å². The Morgan fingerprint density at radius 2 is 1.92 bits per heavy atom. The molecule has 2 heterocycles. The average Bonchev–Trinajstić information content (AvgIpc) is 2.67. The molecule has 0 bridgehead atoms. The van der Waals surface area contributed by atoms with Gasteiger partial charge in [-0.1, -0.05) is 36.4 Å². The molecule has 0 saturated heterocycles. The number of nitrogens with zero attached hydrogens (tertiary/aromatic N) is 2. The van der Waals surface area contributed by atoms with Gasteiger partial charge in [-0.25, -0.2) is 8.42 Å². The van der Waals surface area contributed by atoms with E-state index in [1.807, 2.05) is 65.7 Å². The van der Waals surface area contributed by atoms with E-state index in [0.717, 1.165) is 28.0 Å². The van der Waals surface area contributed by atoms with E-state index in [9.17, 15) is 8.42 Å². The summed E-state index contributed by atoms with van der Waals surface area (Å²) in [6.45, 7) is 0.420. The summed E-state index contributed by atoms with van der Waals surface area (Å²) < 4.78 is 33.2. The van der Waals surface area contributed by atoms with Crippen LogP contribution in [-0.2, 0) is 10.0 Å². The lowest BCUT2D eigenvalue weighted by molar-refractivity contribution is 0.416. The minimum Gasteiger partial charge on any atom is -0.496 e. The summed E-state index contributed by atoms with van der Waals surface area (Å²) >= 11 is 0. The second-order valence-electron chi connectivity index (χ2n) is 6.01. The molecule has 1 radical (unpaired) electrons. The first-order valence-corrected chi connectivity index (χ1v) is 9.82. The molecule has 0 atom stereocenters. The van der Waals surface area contributed by atoms with Crippen molar-refractivity contribution in [2.75, 3.05) is 19.4 Å². The van der Waals surface area contributed by atoms with Crippen LogP contribution in [0.3, 0.4) is 0 Å². The average molecular weight is 365 g/mol. The molecular weight excluding hydrogens is 348 g/mol. The lowest BCUT2D eigenvalue weighted by Gasteiger charge is -2.29. The number of methoxy groups -OCH3 is 1. The second kappa shape index (κ2) is 6.46. The molecule has 6 heteroatoms. The first kappa shape index (κ1) is 16.6. The highest BCUT2D eigenvalue weighted by Gasteiger charge is 2.27. The lowest BCUT2D eigenvalue weighted by atomic mass is 9.98. The van der Waals surface area contributed by atoms with E-state index in [1.165, 1.54) is 0 Å². The van der Waals surface area contributed by atoms with Gasteiger partial charge in [0, 0.05) is 23.9 Å². The standard InChI is InChI=1S/C20H17N2O3S/c1-25-19-7-3-2-5-17(19)15-8-10-16(11-9-15)18-6-4-12-22-13-14-26(23,24)21-20(18)22/h2-4,6-12H,13-14H2,1H3. The molecule has 0 saturated carbocycles. The minimum absolute atomic E-state index is 0.0384. The maximum atomic E-state index is 11.9.